The largest absolute Gasteiger partial charge is 0.508 e. The van der Waals surface area contributed by atoms with Gasteiger partial charge < -0.3 is 55.4 Å². The van der Waals surface area contributed by atoms with Crippen LogP contribution in [0.1, 0.15) is 28.9 Å². The van der Waals surface area contributed by atoms with E-state index in [1.807, 2.05) is 0 Å². The predicted molar refractivity (Wildman–Crippen MR) is 108 cm³/mol. The van der Waals surface area contributed by atoms with Crippen molar-refractivity contribution in [3.8, 4) is 28.7 Å². The Kier molecular flexibility index (Phi) is 6.97. The predicted octanol–water partition coefficient (Wildman–Crippen LogP) is -0.656. The topological polar surface area (TPSA) is 218 Å². The lowest BCUT2D eigenvalue weighted by molar-refractivity contribution is -0.304. The molecule has 33 heavy (non-hydrogen) atoms. The fraction of sp³-hybridized carbons (Fsp3) is 0.381. The second-order valence-electron chi connectivity index (χ2n) is 7.65. The van der Waals surface area contributed by atoms with Crippen LogP contribution in [-0.2, 0) is 9.47 Å². The summed E-state index contributed by atoms with van der Waals surface area (Å²) < 4.78 is 10.8. The number of Topliss-reactive ketones (excluding diaryl/α,β-unsaturated/α-hetero) is 1. The molecule has 3 rings (SSSR count). The Bertz CT molecular complexity index is 1000. The molecule has 180 valence electrons. The minimum atomic E-state index is -2.01. The average molecular weight is 468 g/mol. The first-order chi connectivity index (χ1) is 15.4. The van der Waals surface area contributed by atoms with Crippen LogP contribution in [-0.4, -0.2) is 88.6 Å². The average Bonchev–Trinajstić information content (AvgIpc) is 2.74. The maximum Gasteiger partial charge on any atom is 0.202 e. The van der Waals surface area contributed by atoms with Gasteiger partial charge in [0.15, 0.2) is 23.9 Å². The molecule has 2 aromatic rings. The van der Waals surface area contributed by atoms with E-state index in [0.29, 0.717) is 0 Å². The van der Waals surface area contributed by atoms with Crippen molar-refractivity contribution in [1.82, 2.24) is 0 Å². The summed E-state index contributed by atoms with van der Waals surface area (Å²) in [7, 11) is 0. The lowest BCUT2D eigenvalue weighted by Crippen LogP contribution is -2.58. The highest BCUT2D eigenvalue weighted by Gasteiger charge is 2.45. The highest BCUT2D eigenvalue weighted by atomic mass is 16.7. The lowest BCUT2D eigenvalue weighted by Gasteiger charge is -2.40. The number of aliphatic hydroxyl groups is 4. The van der Waals surface area contributed by atoms with E-state index >= 15 is 0 Å². The molecule has 0 spiro atoms. The number of carbonyl (C=O) groups is 1. The molecule has 9 N–H and O–H groups in total. The summed E-state index contributed by atoms with van der Waals surface area (Å²) in [5.74, 6) is -4.61. The number of benzene rings is 2. The molecule has 1 saturated heterocycles. The van der Waals surface area contributed by atoms with E-state index in [-0.39, 0.29) is 5.56 Å². The molecule has 0 amide bonds. The second-order valence-corrected chi connectivity index (χ2v) is 7.65. The number of ketones is 1. The second kappa shape index (κ2) is 9.39. The molecule has 0 saturated carbocycles. The molecule has 12 heteroatoms. The third-order valence-electron chi connectivity index (χ3n) is 5.30. The van der Waals surface area contributed by atoms with Gasteiger partial charge in [0, 0.05) is 12.1 Å². The van der Waals surface area contributed by atoms with Crippen molar-refractivity contribution in [2.75, 3.05) is 0 Å². The maximum absolute atomic E-state index is 13.2. The van der Waals surface area contributed by atoms with Gasteiger partial charge in [0.05, 0.1) is 6.10 Å². The number of carbonyl (C=O) groups excluding carboxylic acids is 1. The van der Waals surface area contributed by atoms with E-state index in [4.69, 9.17) is 9.47 Å². The fourth-order valence-electron chi connectivity index (χ4n) is 3.44. The Hall–Kier alpha value is -3.13. The van der Waals surface area contributed by atoms with E-state index < -0.39 is 83.0 Å². The molecule has 1 aliphatic heterocycles. The van der Waals surface area contributed by atoms with Crippen LogP contribution in [0.3, 0.4) is 0 Å². The SMILES string of the molecule is C[C@@H]1O[C@@H](O[C@H](C(=O)c2c(O)cc(O)cc2O)[C@@H](O)c2ccc(O)c(O)c2)[C@@H](O)[C@@H](O)[C@@H]1O. The quantitative estimate of drug-likeness (QED) is 0.191. The smallest absolute Gasteiger partial charge is 0.202 e. The van der Waals surface area contributed by atoms with Gasteiger partial charge >= 0.3 is 0 Å². The van der Waals surface area contributed by atoms with Crippen LogP contribution in [0, 0.1) is 0 Å². The highest BCUT2D eigenvalue weighted by Crippen LogP contribution is 2.37. The number of phenols is 5. The monoisotopic (exact) mass is 468 g/mol. The fourth-order valence-corrected chi connectivity index (χ4v) is 3.44. The summed E-state index contributed by atoms with van der Waals surface area (Å²) in [4.78, 5) is 13.2. The zero-order valence-electron chi connectivity index (χ0n) is 17.2. The van der Waals surface area contributed by atoms with Gasteiger partial charge in [-0.3, -0.25) is 4.79 Å². The Morgan fingerprint density at radius 1 is 0.879 bits per heavy atom. The van der Waals surface area contributed by atoms with Crippen molar-refractivity contribution >= 4 is 5.78 Å². The number of phenolic OH excluding ortho intramolecular Hbond substituents is 5. The van der Waals surface area contributed by atoms with Crippen LogP contribution in [0.5, 0.6) is 28.7 Å². The van der Waals surface area contributed by atoms with Gasteiger partial charge in [-0.1, -0.05) is 6.07 Å². The molecule has 0 aromatic heterocycles. The molecule has 2 aromatic carbocycles. The Balaban J connectivity index is 2.02. The molecular formula is C21H24O12. The molecule has 0 radical (unpaired) electrons. The standard InChI is InChI=1S/C21H24O12/c1-7-15(27)18(30)19(31)21(32-7)33-20(16(28)8-2-3-10(23)11(24)4-8)17(29)14-12(25)5-9(22)6-13(14)26/h2-7,15-16,18-28,30-31H,1H3/t7-,15+,16-,18-,19-,20-,21-/m0/s1. The minimum Gasteiger partial charge on any atom is -0.508 e. The molecule has 0 bridgehead atoms. The van der Waals surface area contributed by atoms with Crippen LogP contribution in [0.25, 0.3) is 0 Å². The van der Waals surface area contributed by atoms with E-state index in [9.17, 15) is 50.8 Å². The molecule has 1 heterocycles. The highest BCUT2D eigenvalue weighted by molar-refractivity contribution is 6.04. The first-order valence-electron chi connectivity index (χ1n) is 9.76. The normalized spacial score (nSPS) is 27.1. The minimum absolute atomic E-state index is 0.139. The molecular weight excluding hydrogens is 444 g/mol. The van der Waals surface area contributed by atoms with Crippen molar-refractivity contribution in [3.05, 3.63) is 41.5 Å². The van der Waals surface area contributed by atoms with Gasteiger partial charge in [-0.15, -0.1) is 0 Å². The van der Waals surface area contributed by atoms with Crippen molar-refractivity contribution in [1.29, 1.82) is 0 Å². The van der Waals surface area contributed by atoms with E-state index in [2.05, 4.69) is 0 Å². The summed E-state index contributed by atoms with van der Waals surface area (Å²) in [6.07, 6.45) is -11.8. The number of hydrogen-bond acceptors (Lipinski definition) is 12. The zero-order chi connectivity index (χ0) is 24.6. The first kappa shape index (κ1) is 24.5. The van der Waals surface area contributed by atoms with Crippen LogP contribution >= 0.6 is 0 Å². The summed E-state index contributed by atoms with van der Waals surface area (Å²) in [6, 6.07) is 4.63. The summed E-state index contributed by atoms with van der Waals surface area (Å²) >= 11 is 0. The van der Waals surface area contributed by atoms with E-state index in [1.54, 1.807) is 0 Å². The molecule has 0 unspecified atom stereocenters. The number of ether oxygens (including phenoxy) is 2. The van der Waals surface area contributed by atoms with Gasteiger partial charge in [-0.2, -0.15) is 0 Å². The summed E-state index contributed by atoms with van der Waals surface area (Å²) in [6.45, 7) is 1.36. The van der Waals surface area contributed by atoms with Crippen molar-refractivity contribution in [2.45, 2.75) is 49.8 Å². The van der Waals surface area contributed by atoms with E-state index in [1.165, 1.54) is 6.92 Å². The number of rotatable bonds is 6. The number of hydrogen-bond donors (Lipinski definition) is 9. The van der Waals surface area contributed by atoms with Gasteiger partial charge in [-0.25, -0.2) is 0 Å². The third-order valence-corrected chi connectivity index (χ3v) is 5.30. The molecule has 1 aliphatic rings. The van der Waals surface area contributed by atoms with Crippen LogP contribution < -0.4 is 0 Å². The summed E-state index contributed by atoms with van der Waals surface area (Å²) in [5.41, 5.74) is -0.876. The Morgan fingerprint density at radius 2 is 1.48 bits per heavy atom. The van der Waals surface area contributed by atoms with Gasteiger partial charge in [0.1, 0.15) is 47.2 Å². The molecule has 0 aliphatic carbocycles. The molecule has 12 nitrogen and oxygen atoms in total. The van der Waals surface area contributed by atoms with Crippen molar-refractivity contribution in [2.24, 2.45) is 0 Å². The first-order valence-corrected chi connectivity index (χ1v) is 9.76. The van der Waals surface area contributed by atoms with Crippen LogP contribution in [0.4, 0.5) is 0 Å². The number of aliphatic hydroxyl groups excluding tert-OH is 4. The van der Waals surface area contributed by atoms with Gasteiger partial charge in [-0.05, 0) is 24.6 Å². The number of aromatic hydroxyl groups is 5. The van der Waals surface area contributed by atoms with Gasteiger partial charge in [0.25, 0.3) is 0 Å². The third kappa shape index (κ3) is 4.80. The summed E-state index contributed by atoms with van der Waals surface area (Å²) in [5, 5.41) is 89.9. The van der Waals surface area contributed by atoms with Crippen molar-refractivity contribution < 1.29 is 60.2 Å². The van der Waals surface area contributed by atoms with E-state index in [0.717, 1.165) is 30.3 Å². The van der Waals surface area contributed by atoms with Crippen LogP contribution in [0.15, 0.2) is 30.3 Å². The van der Waals surface area contributed by atoms with Gasteiger partial charge in [0.2, 0.25) is 5.78 Å². The maximum atomic E-state index is 13.2. The Labute approximate surface area is 186 Å². The van der Waals surface area contributed by atoms with Crippen molar-refractivity contribution in [3.63, 3.8) is 0 Å². The van der Waals surface area contributed by atoms with Crippen LogP contribution in [0.2, 0.25) is 0 Å². The molecule has 7 atom stereocenters. The lowest BCUT2D eigenvalue weighted by atomic mass is 9.94. The molecule has 1 fully saturated rings. The zero-order valence-corrected chi connectivity index (χ0v) is 17.2. The Morgan fingerprint density at radius 3 is 2.06 bits per heavy atom.